The van der Waals surface area contributed by atoms with Crippen molar-refractivity contribution in [3.8, 4) is 11.1 Å². The predicted molar refractivity (Wildman–Crippen MR) is 156 cm³/mol. The highest BCUT2D eigenvalue weighted by atomic mass is 16.6. The maximum atomic E-state index is 12.7. The number of rotatable bonds is 6. The molecule has 2 aliphatic heterocycles. The highest BCUT2D eigenvalue weighted by Crippen LogP contribution is 2.39. The maximum absolute atomic E-state index is 12.7. The number of carbonyl (C=O) groups is 1. The summed E-state index contributed by atoms with van der Waals surface area (Å²) < 4.78 is 9.37. The molecule has 1 saturated heterocycles. The van der Waals surface area contributed by atoms with Crippen LogP contribution in [0, 0.1) is 12.1 Å². The van der Waals surface area contributed by atoms with Crippen LogP contribution in [0.4, 0.5) is 4.79 Å². The van der Waals surface area contributed by atoms with Gasteiger partial charge in [-0.25, -0.2) is 9.47 Å². The Morgan fingerprint density at radius 2 is 1.76 bits per heavy atom. The van der Waals surface area contributed by atoms with E-state index in [0.717, 1.165) is 39.0 Å². The summed E-state index contributed by atoms with van der Waals surface area (Å²) in [7, 11) is 1.91. The number of nitrogens with zero attached hydrogens (tertiary/aromatic N) is 6. The zero-order valence-electron chi connectivity index (χ0n) is 22.6. The minimum Gasteiger partial charge on any atom is -0.445 e. The van der Waals surface area contributed by atoms with Gasteiger partial charge < -0.3 is 20.3 Å². The van der Waals surface area contributed by atoms with Crippen LogP contribution in [0.2, 0.25) is 0 Å². The fourth-order valence-electron chi connectivity index (χ4n) is 5.42. The zero-order chi connectivity index (χ0) is 27.9. The van der Waals surface area contributed by atoms with Crippen molar-refractivity contribution < 1.29 is 9.53 Å². The minimum absolute atomic E-state index is 0.109. The summed E-state index contributed by atoms with van der Waals surface area (Å²) in [6.07, 6.45) is 3.03. The minimum atomic E-state index is -0.386. The van der Waals surface area contributed by atoms with Gasteiger partial charge in [0, 0.05) is 49.1 Å². The van der Waals surface area contributed by atoms with Gasteiger partial charge in [-0.15, -0.1) is 0 Å². The van der Waals surface area contributed by atoms with E-state index in [1.807, 2.05) is 82.1 Å². The van der Waals surface area contributed by atoms with E-state index in [2.05, 4.69) is 30.3 Å². The Kier molecular flexibility index (Phi) is 6.18. The monoisotopic (exact) mass is 543 g/mol. The molecular formula is C32H29N7O2. The molecule has 1 unspecified atom stereocenters. The van der Waals surface area contributed by atoms with Gasteiger partial charge in [-0.05, 0) is 23.3 Å². The summed E-state index contributed by atoms with van der Waals surface area (Å²) in [6.45, 7) is 2.04. The molecule has 3 aromatic carbocycles. The number of ether oxygens (including phenoxy) is 1. The van der Waals surface area contributed by atoms with Crippen LogP contribution in [0.1, 0.15) is 34.6 Å². The number of carbonyl (C=O) groups excluding carboxylic acids is 1. The molecule has 5 aromatic rings. The molecule has 1 atom stereocenters. The number of likely N-dealkylation sites (tertiary alicyclic amines) is 1. The Bertz CT molecular complexity index is 1740. The average Bonchev–Trinajstić information content (AvgIpc) is 3.55. The van der Waals surface area contributed by atoms with E-state index in [9.17, 15) is 4.79 Å². The lowest BCUT2D eigenvalue weighted by molar-refractivity contribution is 0.0651. The van der Waals surface area contributed by atoms with Gasteiger partial charge in [0.2, 0.25) is 0 Å². The molecule has 1 fully saturated rings. The van der Waals surface area contributed by atoms with Crippen LogP contribution >= 0.6 is 0 Å². The molecule has 0 bridgehead atoms. The third kappa shape index (κ3) is 4.68. The second-order valence-electron chi connectivity index (χ2n) is 10.6. The number of nitrogens with two attached hydrogens (primary N) is 1. The Morgan fingerprint density at radius 1 is 1.02 bits per heavy atom. The van der Waals surface area contributed by atoms with Crippen molar-refractivity contribution in [1.29, 1.82) is 0 Å². The van der Waals surface area contributed by atoms with Crippen LogP contribution in [0.15, 0.2) is 84.1 Å². The molecule has 204 valence electrons. The fourth-order valence-corrected chi connectivity index (χ4v) is 5.42. The Morgan fingerprint density at radius 3 is 2.51 bits per heavy atom. The van der Waals surface area contributed by atoms with Gasteiger partial charge in [-0.3, -0.25) is 4.68 Å². The molecule has 9 heteroatoms. The number of fused-ring (bicyclic) bond motifs is 2. The summed E-state index contributed by atoms with van der Waals surface area (Å²) in [4.78, 5) is 16.3. The molecule has 7 rings (SSSR count). The molecule has 41 heavy (non-hydrogen) atoms. The van der Waals surface area contributed by atoms with Crippen LogP contribution in [0.25, 0.3) is 22.0 Å². The van der Waals surface area contributed by atoms with E-state index in [1.165, 1.54) is 5.56 Å². The van der Waals surface area contributed by atoms with Gasteiger partial charge in [0.25, 0.3) is 0 Å². The molecule has 0 aliphatic carbocycles. The van der Waals surface area contributed by atoms with Crippen molar-refractivity contribution in [2.24, 2.45) is 10.8 Å². The highest BCUT2D eigenvalue weighted by molar-refractivity contribution is 5.82. The van der Waals surface area contributed by atoms with E-state index in [4.69, 9.17) is 20.7 Å². The Hall–Kier alpha value is -5.07. The SMILES string of the molecule is CN1C=Nn2c(C3CN(C(=O)OCc4ccccc4)C3)cc(-c3c#cc4cn(Cc5ccccc5)nc4c3)c2C1N. The maximum Gasteiger partial charge on any atom is 0.410 e. The second kappa shape index (κ2) is 10.2. The summed E-state index contributed by atoms with van der Waals surface area (Å²) in [6, 6.07) is 30.7. The molecule has 2 N–H and O–H groups in total. The van der Waals surface area contributed by atoms with Gasteiger partial charge in [0.05, 0.1) is 17.6 Å². The molecule has 4 heterocycles. The molecule has 0 saturated carbocycles. The van der Waals surface area contributed by atoms with E-state index < -0.39 is 0 Å². The van der Waals surface area contributed by atoms with Crippen molar-refractivity contribution >= 4 is 23.3 Å². The summed E-state index contributed by atoms with van der Waals surface area (Å²) in [5.41, 5.74) is 13.3. The quantitative estimate of drug-likeness (QED) is 0.338. The van der Waals surface area contributed by atoms with Crippen LogP contribution in [-0.2, 0) is 17.9 Å². The Balaban J connectivity index is 1.14. The van der Waals surface area contributed by atoms with Crippen molar-refractivity contribution in [2.75, 3.05) is 20.1 Å². The van der Waals surface area contributed by atoms with Crippen molar-refractivity contribution in [2.45, 2.75) is 25.2 Å². The first kappa shape index (κ1) is 24.9. The first-order chi connectivity index (χ1) is 20.0. The topological polar surface area (TPSA) is 93.9 Å². The molecule has 1 amide bonds. The molecule has 0 radical (unpaired) electrons. The van der Waals surface area contributed by atoms with E-state index in [1.54, 1.807) is 11.2 Å². The van der Waals surface area contributed by atoms with Gasteiger partial charge in [0.1, 0.15) is 24.6 Å². The molecular weight excluding hydrogens is 514 g/mol. The van der Waals surface area contributed by atoms with Crippen molar-refractivity contribution in [1.82, 2.24) is 24.3 Å². The molecule has 2 aromatic heterocycles. The first-order valence-corrected chi connectivity index (χ1v) is 13.6. The zero-order valence-corrected chi connectivity index (χ0v) is 22.6. The molecule has 0 spiro atoms. The number of hydrogen-bond acceptors (Lipinski definition) is 6. The van der Waals surface area contributed by atoms with Crippen molar-refractivity contribution in [3.63, 3.8) is 0 Å². The smallest absolute Gasteiger partial charge is 0.410 e. The summed E-state index contributed by atoms with van der Waals surface area (Å²) in [5.74, 6) is 0.109. The number of hydrogen-bond donors (Lipinski definition) is 1. The third-order valence-corrected chi connectivity index (χ3v) is 7.75. The predicted octanol–water partition coefficient (Wildman–Crippen LogP) is 4.58. The lowest BCUT2D eigenvalue weighted by atomic mass is 9.96. The van der Waals surface area contributed by atoms with Gasteiger partial charge in [-0.1, -0.05) is 72.8 Å². The van der Waals surface area contributed by atoms with Crippen LogP contribution in [0.5, 0.6) is 0 Å². The van der Waals surface area contributed by atoms with Gasteiger partial charge in [0.15, 0.2) is 0 Å². The number of aromatic nitrogens is 3. The van der Waals surface area contributed by atoms with Crippen molar-refractivity contribution in [3.05, 3.63) is 114 Å². The molecule has 2 aliphatic rings. The number of amides is 1. The molecule has 9 nitrogen and oxygen atoms in total. The van der Waals surface area contributed by atoms with E-state index >= 15 is 0 Å². The number of benzene rings is 2. The van der Waals surface area contributed by atoms with Crippen LogP contribution in [0.3, 0.4) is 0 Å². The highest BCUT2D eigenvalue weighted by Gasteiger charge is 2.38. The second-order valence-corrected chi connectivity index (χ2v) is 10.6. The average molecular weight is 544 g/mol. The van der Waals surface area contributed by atoms with E-state index in [0.29, 0.717) is 19.6 Å². The third-order valence-electron chi connectivity index (χ3n) is 7.75. The van der Waals surface area contributed by atoms with Crippen LogP contribution < -0.4 is 5.73 Å². The largest absolute Gasteiger partial charge is 0.445 e. The van der Waals surface area contributed by atoms with Crippen LogP contribution in [-0.4, -0.2) is 56.8 Å². The van der Waals surface area contributed by atoms with Gasteiger partial charge >= 0.3 is 6.09 Å². The first-order valence-electron chi connectivity index (χ1n) is 13.6. The lowest BCUT2D eigenvalue weighted by Crippen LogP contribution is -2.49. The standard InChI is InChI=1S/C32H29N7O2/c1-36-21-34-39-29(26-17-37(18-26)32(40)41-20-23-10-6-3-7-11-23)15-27(30(39)31(36)33)24-12-13-25-19-38(35-28(25)14-24)16-22-8-4-2-5-9-22/h2-11,14-15,19,21,26,31H,16-18,20,33H2,1H3. The Labute approximate surface area is 238 Å². The lowest BCUT2D eigenvalue weighted by Gasteiger charge is -2.39. The van der Waals surface area contributed by atoms with E-state index in [-0.39, 0.29) is 24.8 Å². The van der Waals surface area contributed by atoms with Gasteiger partial charge in [-0.2, -0.15) is 10.2 Å². The normalized spacial score (nSPS) is 16.4. The fraction of sp³-hybridized carbons (Fsp3) is 0.219. The summed E-state index contributed by atoms with van der Waals surface area (Å²) >= 11 is 0. The summed E-state index contributed by atoms with van der Waals surface area (Å²) in [5, 5.41) is 10.4.